The fourth-order valence-corrected chi connectivity index (χ4v) is 3.55. The number of nitrogens with two attached hydrogens (primary N) is 1. The van der Waals surface area contributed by atoms with E-state index in [4.69, 9.17) is 5.73 Å². The molecule has 0 fully saturated rings. The number of thiophene rings is 1. The predicted octanol–water partition coefficient (Wildman–Crippen LogP) is 3.30. The molecule has 0 aromatic carbocycles. The second kappa shape index (κ2) is 4.35. The molecule has 0 spiro atoms. The van der Waals surface area contributed by atoms with Crippen LogP contribution in [0, 0.1) is 13.8 Å². The quantitative estimate of drug-likeness (QED) is 0.778. The number of rotatable bonds is 2. The second-order valence-corrected chi connectivity index (χ2v) is 6.19. The van der Waals surface area contributed by atoms with Crippen LogP contribution in [0.25, 0.3) is 11.2 Å². The Morgan fingerprint density at radius 2 is 2.16 bits per heavy atom. The number of fused-ring (bicyclic) bond motifs is 1. The van der Waals surface area contributed by atoms with Crippen LogP contribution < -0.4 is 5.73 Å². The van der Waals surface area contributed by atoms with Crippen LogP contribution in [0.2, 0.25) is 0 Å². The van der Waals surface area contributed by atoms with Gasteiger partial charge < -0.3 is 5.73 Å². The van der Waals surface area contributed by atoms with Crippen LogP contribution in [0.3, 0.4) is 0 Å². The van der Waals surface area contributed by atoms with Crippen molar-refractivity contribution in [2.75, 3.05) is 5.73 Å². The number of nitrogens with zero attached hydrogens (tertiary/aromatic N) is 3. The molecule has 19 heavy (non-hydrogen) atoms. The lowest BCUT2D eigenvalue weighted by atomic mass is 10.1. The lowest BCUT2D eigenvalue weighted by Gasteiger charge is -2.15. The van der Waals surface area contributed by atoms with E-state index in [2.05, 4.69) is 36.8 Å². The summed E-state index contributed by atoms with van der Waals surface area (Å²) in [5.74, 6) is 0.518. The molecule has 0 aliphatic rings. The Morgan fingerprint density at radius 3 is 2.84 bits per heavy atom. The number of hydrogen-bond donors (Lipinski definition) is 1. The van der Waals surface area contributed by atoms with Gasteiger partial charge in [-0.1, -0.05) is 0 Å². The summed E-state index contributed by atoms with van der Waals surface area (Å²) in [6, 6.07) is 6.18. The Hall–Kier alpha value is -1.88. The molecule has 4 nitrogen and oxygen atoms in total. The standard InChI is InChI=1S/C14H16N4S/c1-8-7-11(10(3)19-8)9(2)18-13-12(17-14(18)15)5-4-6-16-13/h4-7,9H,1-3H3,(H2,15,17). The summed E-state index contributed by atoms with van der Waals surface area (Å²) in [5, 5.41) is 0. The van der Waals surface area contributed by atoms with E-state index in [1.54, 1.807) is 6.20 Å². The molecule has 0 aliphatic heterocycles. The van der Waals surface area contributed by atoms with Crippen LogP contribution in [0.4, 0.5) is 5.95 Å². The molecular formula is C14H16N4S. The molecule has 0 radical (unpaired) electrons. The van der Waals surface area contributed by atoms with Gasteiger partial charge in [0.25, 0.3) is 0 Å². The minimum absolute atomic E-state index is 0.143. The first-order valence-electron chi connectivity index (χ1n) is 6.23. The Bertz CT molecular complexity index is 741. The van der Waals surface area contributed by atoms with E-state index in [0.29, 0.717) is 5.95 Å². The number of imidazole rings is 1. The summed E-state index contributed by atoms with van der Waals surface area (Å²) in [4.78, 5) is 11.4. The maximum atomic E-state index is 6.06. The van der Waals surface area contributed by atoms with E-state index in [-0.39, 0.29) is 6.04 Å². The summed E-state index contributed by atoms with van der Waals surface area (Å²) in [5.41, 5.74) is 9.04. The molecule has 0 aliphatic carbocycles. The van der Waals surface area contributed by atoms with Crippen LogP contribution in [-0.2, 0) is 0 Å². The summed E-state index contributed by atoms with van der Waals surface area (Å²) in [6.07, 6.45) is 1.78. The van der Waals surface area contributed by atoms with Crippen molar-refractivity contribution in [3.8, 4) is 0 Å². The van der Waals surface area contributed by atoms with Gasteiger partial charge in [-0.25, -0.2) is 9.97 Å². The van der Waals surface area contributed by atoms with Crippen molar-refractivity contribution in [1.29, 1.82) is 0 Å². The highest BCUT2D eigenvalue weighted by Gasteiger charge is 2.19. The minimum atomic E-state index is 0.143. The molecule has 1 atom stereocenters. The molecule has 5 heteroatoms. The first kappa shape index (κ1) is 12.2. The average molecular weight is 272 g/mol. The molecule has 3 heterocycles. The van der Waals surface area contributed by atoms with Gasteiger partial charge >= 0.3 is 0 Å². The highest BCUT2D eigenvalue weighted by Crippen LogP contribution is 2.32. The van der Waals surface area contributed by atoms with E-state index < -0.39 is 0 Å². The van der Waals surface area contributed by atoms with Crippen LogP contribution in [0.5, 0.6) is 0 Å². The molecule has 2 N–H and O–H groups in total. The van der Waals surface area contributed by atoms with E-state index in [1.165, 1.54) is 15.3 Å². The third-order valence-electron chi connectivity index (χ3n) is 3.39. The van der Waals surface area contributed by atoms with Crippen molar-refractivity contribution in [2.45, 2.75) is 26.8 Å². The molecular weight excluding hydrogens is 256 g/mol. The fraction of sp³-hybridized carbons (Fsp3) is 0.286. The van der Waals surface area contributed by atoms with Gasteiger partial charge in [0.2, 0.25) is 5.95 Å². The largest absolute Gasteiger partial charge is 0.369 e. The van der Waals surface area contributed by atoms with Crippen LogP contribution in [0.1, 0.15) is 28.3 Å². The minimum Gasteiger partial charge on any atom is -0.369 e. The van der Waals surface area contributed by atoms with Crippen molar-refractivity contribution in [3.05, 3.63) is 39.7 Å². The predicted molar refractivity (Wildman–Crippen MR) is 79.5 cm³/mol. The van der Waals surface area contributed by atoms with Gasteiger partial charge in [-0.15, -0.1) is 11.3 Å². The SMILES string of the molecule is Cc1cc(C(C)n2c(N)nc3cccnc32)c(C)s1. The van der Waals surface area contributed by atoms with E-state index in [1.807, 2.05) is 28.0 Å². The Balaban J connectivity index is 2.19. The topological polar surface area (TPSA) is 56.7 Å². The molecule has 98 valence electrons. The molecule has 3 rings (SSSR count). The van der Waals surface area contributed by atoms with Crippen LogP contribution >= 0.6 is 11.3 Å². The van der Waals surface area contributed by atoms with Gasteiger partial charge in [0.05, 0.1) is 6.04 Å². The first-order valence-corrected chi connectivity index (χ1v) is 7.05. The van der Waals surface area contributed by atoms with E-state index in [9.17, 15) is 0 Å². The Labute approximate surface area is 115 Å². The summed E-state index contributed by atoms with van der Waals surface area (Å²) in [6.45, 7) is 6.41. The highest BCUT2D eigenvalue weighted by molar-refractivity contribution is 7.12. The third-order valence-corrected chi connectivity index (χ3v) is 4.37. The summed E-state index contributed by atoms with van der Waals surface area (Å²) >= 11 is 1.81. The van der Waals surface area contributed by atoms with Crippen LogP contribution in [-0.4, -0.2) is 14.5 Å². The summed E-state index contributed by atoms with van der Waals surface area (Å²) in [7, 11) is 0. The molecule has 0 saturated heterocycles. The van der Waals surface area contributed by atoms with Crippen molar-refractivity contribution >= 4 is 28.4 Å². The normalized spacial score (nSPS) is 13.0. The smallest absolute Gasteiger partial charge is 0.203 e. The third kappa shape index (κ3) is 1.90. The molecule has 0 amide bonds. The van der Waals surface area contributed by atoms with Gasteiger partial charge in [-0.2, -0.15) is 0 Å². The zero-order valence-electron chi connectivity index (χ0n) is 11.2. The van der Waals surface area contributed by atoms with Gasteiger partial charge in [0.15, 0.2) is 5.65 Å². The molecule has 3 aromatic rings. The number of pyridine rings is 1. The number of aromatic nitrogens is 3. The number of nitrogen functional groups attached to an aromatic ring is 1. The average Bonchev–Trinajstić information content (AvgIpc) is 2.87. The number of hydrogen-bond acceptors (Lipinski definition) is 4. The Morgan fingerprint density at radius 1 is 1.37 bits per heavy atom. The monoisotopic (exact) mass is 272 g/mol. The zero-order chi connectivity index (χ0) is 13.6. The molecule has 1 unspecified atom stereocenters. The maximum Gasteiger partial charge on any atom is 0.203 e. The van der Waals surface area contributed by atoms with Crippen molar-refractivity contribution in [2.24, 2.45) is 0 Å². The number of anilines is 1. The van der Waals surface area contributed by atoms with E-state index >= 15 is 0 Å². The lowest BCUT2D eigenvalue weighted by molar-refractivity contribution is 0.661. The van der Waals surface area contributed by atoms with Crippen molar-refractivity contribution in [3.63, 3.8) is 0 Å². The number of aryl methyl sites for hydroxylation is 2. The van der Waals surface area contributed by atoms with Gasteiger partial charge in [-0.3, -0.25) is 4.57 Å². The van der Waals surface area contributed by atoms with Gasteiger partial charge in [0, 0.05) is 16.0 Å². The maximum absolute atomic E-state index is 6.06. The zero-order valence-corrected chi connectivity index (χ0v) is 12.0. The molecule has 3 aromatic heterocycles. The first-order chi connectivity index (χ1) is 9.08. The lowest BCUT2D eigenvalue weighted by Crippen LogP contribution is -2.10. The molecule has 0 saturated carbocycles. The van der Waals surface area contributed by atoms with Gasteiger partial charge in [0.1, 0.15) is 5.52 Å². The van der Waals surface area contributed by atoms with Gasteiger partial charge in [-0.05, 0) is 44.5 Å². The summed E-state index contributed by atoms with van der Waals surface area (Å²) < 4.78 is 2.00. The van der Waals surface area contributed by atoms with E-state index in [0.717, 1.165) is 11.2 Å². The van der Waals surface area contributed by atoms with Crippen LogP contribution in [0.15, 0.2) is 24.4 Å². The highest BCUT2D eigenvalue weighted by atomic mass is 32.1. The van der Waals surface area contributed by atoms with Crippen molar-refractivity contribution < 1.29 is 0 Å². The second-order valence-electron chi connectivity index (χ2n) is 4.73. The fourth-order valence-electron chi connectivity index (χ4n) is 2.53. The Kier molecular flexibility index (Phi) is 2.78. The van der Waals surface area contributed by atoms with Crippen molar-refractivity contribution in [1.82, 2.24) is 14.5 Å². The molecule has 0 bridgehead atoms.